The fourth-order valence-corrected chi connectivity index (χ4v) is 2.32. The summed E-state index contributed by atoms with van der Waals surface area (Å²) in [5.41, 5.74) is 4.39. The van der Waals surface area contributed by atoms with Crippen molar-refractivity contribution < 1.29 is 0 Å². The molecule has 1 unspecified atom stereocenters. The lowest BCUT2D eigenvalue weighted by Crippen LogP contribution is -2.28. The molecule has 1 nitrogen and oxygen atoms in total. The van der Waals surface area contributed by atoms with Crippen LogP contribution >= 0.6 is 0 Å². The largest absolute Gasteiger partial charge is 0.316 e. The first-order chi connectivity index (χ1) is 6.77. The van der Waals surface area contributed by atoms with Crippen molar-refractivity contribution in [1.29, 1.82) is 0 Å². The van der Waals surface area contributed by atoms with Crippen LogP contribution in [0.5, 0.6) is 0 Å². The Morgan fingerprint density at radius 1 is 1.29 bits per heavy atom. The number of rotatable bonds is 1. The second-order valence-electron chi connectivity index (χ2n) is 4.40. The van der Waals surface area contributed by atoms with Crippen molar-refractivity contribution in [2.75, 3.05) is 13.1 Å². The quantitative estimate of drug-likeness (QED) is 0.716. The molecular weight excluding hydrogens is 170 g/mol. The molecule has 1 aromatic rings. The maximum atomic E-state index is 3.48. The minimum atomic E-state index is 0.739. The van der Waals surface area contributed by atoms with Crippen LogP contribution in [0.3, 0.4) is 0 Å². The van der Waals surface area contributed by atoms with Crippen LogP contribution in [0.2, 0.25) is 0 Å². The molecular formula is C13H19N. The van der Waals surface area contributed by atoms with Crippen LogP contribution in [-0.2, 0) is 0 Å². The third-order valence-corrected chi connectivity index (χ3v) is 3.17. The van der Waals surface area contributed by atoms with Gasteiger partial charge in [-0.25, -0.2) is 0 Å². The van der Waals surface area contributed by atoms with Crippen LogP contribution in [0, 0.1) is 13.8 Å². The highest BCUT2D eigenvalue weighted by atomic mass is 14.9. The van der Waals surface area contributed by atoms with E-state index in [4.69, 9.17) is 0 Å². The van der Waals surface area contributed by atoms with Crippen LogP contribution in [0.25, 0.3) is 0 Å². The van der Waals surface area contributed by atoms with E-state index >= 15 is 0 Å². The molecule has 1 aliphatic heterocycles. The Hall–Kier alpha value is -0.820. The van der Waals surface area contributed by atoms with E-state index in [9.17, 15) is 0 Å². The fourth-order valence-electron chi connectivity index (χ4n) is 2.32. The summed E-state index contributed by atoms with van der Waals surface area (Å²) in [7, 11) is 0. The van der Waals surface area contributed by atoms with Crippen molar-refractivity contribution in [3.05, 3.63) is 34.9 Å². The second-order valence-corrected chi connectivity index (χ2v) is 4.40. The predicted molar refractivity (Wildman–Crippen MR) is 60.8 cm³/mol. The molecule has 2 rings (SSSR count). The Morgan fingerprint density at radius 2 is 2.14 bits per heavy atom. The first kappa shape index (κ1) is 9.72. The SMILES string of the molecule is Cc1ccc(C)c(C2CCCNC2)c1. The molecule has 0 saturated carbocycles. The summed E-state index contributed by atoms with van der Waals surface area (Å²) >= 11 is 0. The highest BCUT2D eigenvalue weighted by Crippen LogP contribution is 2.26. The van der Waals surface area contributed by atoms with Gasteiger partial charge in [-0.2, -0.15) is 0 Å². The summed E-state index contributed by atoms with van der Waals surface area (Å²) in [5.74, 6) is 0.739. The van der Waals surface area contributed by atoms with Crippen LogP contribution in [-0.4, -0.2) is 13.1 Å². The molecule has 76 valence electrons. The van der Waals surface area contributed by atoms with Crippen LogP contribution in [0.1, 0.15) is 35.4 Å². The fraction of sp³-hybridized carbons (Fsp3) is 0.538. The Kier molecular flexibility index (Phi) is 2.87. The van der Waals surface area contributed by atoms with E-state index in [1.807, 2.05) is 0 Å². The summed E-state index contributed by atoms with van der Waals surface area (Å²) < 4.78 is 0. The monoisotopic (exact) mass is 189 g/mol. The average molecular weight is 189 g/mol. The number of hydrogen-bond acceptors (Lipinski definition) is 1. The normalized spacial score (nSPS) is 22.3. The van der Waals surface area contributed by atoms with Crippen molar-refractivity contribution >= 4 is 0 Å². The maximum absolute atomic E-state index is 3.48. The van der Waals surface area contributed by atoms with Gasteiger partial charge in [-0.3, -0.25) is 0 Å². The number of hydrogen-bond donors (Lipinski definition) is 1. The van der Waals surface area contributed by atoms with Gasteiger partial charge in [0.15, 0.2) is 0 Å². The predicted octanol–water partition coefficient (Wildman–Crippen LogP) is 2.77. The lowest BCUT2D eigenvalue weighted by Gasteiger charge is -2.24. The molecule has 0 spiro atoms. The zero-order chi connectivity index (χ0) is 9.97. The molecule has 0 aliphatic carbocycles. The third-order valence-electron chi connectivity index (χ3n) is 3.17. The number of aryl methyl sites for hydroxylation is 2. The number of benzene rings is 1. The highest BCUT2D eigenvalue weighted by molar-refractivity contribution is 5.33. The van der Waals surface area contributed by atoms with E-state index in [0.29, 0.717) is 0 Å². The van der Waals surface area contributed by atoms with Gasteiger partial charge in [0.1, 0.15) is 0 Å². The number of piperidine rings is 1. The second kappa shape index (κ2) is 4.14. The van der Waals surface area contributed by atoms with Gasteiger partial charge in [0, 0.05) is 6.54 Å². The first-order valence-corrected chi connectivity index (χ1v) is 5.55. The first-order valence-electron chi connectivity index (χ1n) is 5.55. The number of nitrogens with one attached hydrogen (secondary N) is 1. The molecule has 0 bridgehead atoms. The molecule has 1 heterocycles. The molecule has 1 aromatic carbocycles. The Labute approximate surface area is 86.5 Å². The summed E-state index contributed by atoms with van der Waals surface area (Å²) in [6, 6.07) is 6.81. The summed E-state index contributed by atoms with van der Waals surface area (Å²) in [4.78, 5) is 0. The van der Waals surface area contributed by atoms with Crippen LogP contribution < -0.4 is 5.32 Å². The summed E-state index contributed by atoms with van der Waals surface area (Å²) in [5, 5.41) is 3.48. The molecule has 14 heavy (non-hydrogen) atoms. The van der Waals surface area contributed by atoms with Crippen molar-refractivity contribution in [1.82, 2.24) is 5.32 Å². The molecule has 1 heteroatoms. The maximum Gasteiger partial charge on any atom is 0.00202 e. The third kappa shape index (κ3) is 1.98. The van der Waals surface area contributed by atoms with E-state index in [1.54, 1.807) is 5.56 Å². The Bertz CT molecular complexity index is 311. The van der Waals surface area contributed by atoms with Crippen molar-refractivity contribution in [2.24, 2.45) is 0 Å². The van der Waals surface area contributed by atoms with Crippen molar-refractivity contribution in [3.8, 4) is 0 Å². The van der Waals surface area contributed by atoms with Gasteiger partial charge in [0.05, 0.1) is 0 Å². The summed E-state index contributed by atoms with van der Waals surface area (Å²) in [6.07, 6.45) is 2.66. The molecule has 0 radical (unpaired) electrons. The van der Waals surface area contributed by atoms with Gasteiger partial charge < -0.3 is 5.32 Å². The van der Waals surface area contributed by atoms with Gasteiger partial charge in [0.2, 0.25) is 0 Å². The zero-order valence-corrected chi connectivity index (χ0v) is 9.14. The molecule has 1 aliphatic rings. The minimum absolute atomic E-state index is 0.739. The zero-order valence-electron chi connectivity index (χ0n) is 9.14. The molecule has 1 N–H and O–H groups in total. The smallest absolute Gasteiger partial charge is 0.00202 e. The van der Waals surface area contributed by atoms with Crippen molar-refractivity contribution in [3.63, 3.8) is 0 Å². The van der Waals surface area contributed by atoms with E-state index in [1.165, 1.54) is 30.5 Å². The molecule has 1 saturated heterocycles. The highest BCUT2D eigenvalue weighted by Gasteiger charge is 2.16. The lowest BCUT2D eigenvalue weighted by atomic mass is 9.88. The standard InChI is InChI=1S/C13H19N/c1-10-5-6-11(2)13(8-10)12-4-3-7-14-9-12/h5-6,8,12,14H,3-4,7,9H2,1-2H3. The topological polar surface area (TPSA) is 12.0 Å². The van der Waals surface area contributed by atoms with Crippen molar-refractivity contribution in [2.45, 2.75) is 32.6 Å². The summed E-state index contributed by atoms with van der Waals surface area (Å²) in [6.45, 7) is 6.76. The van der Waals surface area contributed by atoms with E-state index in [2.05, 4.69) is 37.4 Å². The lowest BCUT2D eigenvalue weighted by molar-refractivity contribution is 0.460. The minimum Gasteiger partial charge on any atom is -0.316 e. The van der Waals surface area contributed by atoms with Crippen LogP contribution in [0.15, 0.2) is 18.2 Å². The van der Waals surface area contributed by atoms with E-state index in [-0.39, 0.29) is 0 Å². The van der Waals surface area contributed by atoms with Crippen LogP contribution in [0.4, 0.5) is 0 Å². The van der Waals surface area contributed by atoms with E-state index in [0.717, 1.165) is 12.5 Å². The van der Waals surface area contributed by atoms with Gasteiger partial charge in [-0.15, -0.1) is 0 Å². The Balaban J connectivity index is 2.24. The van der Waals surface area contributed by atoms with Gasteiger partial charge in [-0.05, 0) is 50.3 Å². The van der Waals surface area contributed by atoms with Gasteiger partial charge in [-0.1, -0.05) is 23.8 Å². The molecule has 0 aromatic heterocycles. The Morgan fingerprint density at radius 3 is 2.86 bits per heavy atom. The molecule has 1 fully saturated rings. The van der Waals surface area contributed by atoms with Gasteiger partial charge >= 0.3 is 0 Å². The van der Waals surface area contributed by atoms with Gasteiger partial charge in [0.25, 0.3) is 0 Å². The molecule has 1 atom stereocenters. The average Bonchev–Trinajstić information content (AvgIpc) is 2.23. The molecule has 0 amide bonds. The van der Waals surface area contributed by atoms with E-state index < -0.39 is 0 Å².